The van der Waals surface area contributed by atoms with Gasteiger partial charge in [-0.1, -0.05) is 32.0 Å². The molecule has 0 radical (unpaired) electrons. The van der Waals surface area contributed by atoms with Gasteiger partial charge in [0.15, 0.2) is 0 Å². The van der Waals surface area contributed by atoms with E-state index in [-0.39, 0.29) is 0 Å². The summed E-state index contributed by atoms with van der Waals surface area (Å²) in [6, 6.07) is 9.13. The van der Waals surface area contributed by atoms with Crippen LogP contribution < -0.4 is 10.1 Å². The lowest BCUT2D eigenvalue weighted by Crippen LogP contribution is -2.41. The molecule has 2 rings (SSSR count). The second-order valence-corrected chi connectivity index (χ2v) is 5.94. The second-order valence-electron chi connectivity index (χ2n) is 5.94. The Bertz CT molecular complexity index is 411. The normalized spacial score (nSPS) is 21.3. The molecule has 0 aromatic heterocycles. The van der Waals surface area contributed by atoms with Gasteiger partial charge in [0.05, 0.1) is 7.11 Å². The molecule has 1 aliphatic carbocycles. The van der Waals surface area contributed by atoms with Crippen LogP contribution in [0.5, 0.6) is 5.75 Å². The molecule has 1 aromatic carbocycles. The quantitative estimate of drug-likeness (QED) is 0.707. The first-order chi connectivity index (χ1) is 10.3. The number of ether oxygens (including phenoxy) is 1. The van der Waals surface area contributed by atoms with Crippen molar-refractivity contribution in [2.45, 2.75) is 45.1 Å². The van der Waals surface area contributed by atoms with Crippen LogP contribution >= 0.6 is 0 Å². The summed E-state index contributed by atoms with van der Waals surface area (Å²) in [4.78, 5) is 2.49. The van der Waals surface area contributed by atoms with Crippen LogP contribution in [0.1, 0.15) is 44.6 Å². The van der Waals surface area contributed by atoms with Gasteiger partial charge < -0.3 is 15.0 Å². The van der Waals surface area contributed by atoms with Crippen molar-refractivity contribution in [2.75, 3.05) is 33.3 Å². The molecule has 0 bridgehead atoms. The lowest BCUT2D eigenvalue weighted by Gasteiger charge is -2.37. The Labute approximate surface area is 129 Å². The summed E-state index contributed by atoms with van der Waals surface area (Å²) in [7, 11) is 1.76. The second kappa shape index (κ2) is 8.40. The van der Waals surface area contributed by atoms with Crippen molar-refractivity contribution in [1.82, 2.24) is 10.2 Å². The first-order valence-electron chi connectivity index (χ1n) is 8.37. The Balaban J connectivity index is 1.65. The van der Waals surface area contributed by atoms with Crippen LogP contribution in [-0.2, 0) is 0 Å². The van der Waals surface area contributed by atoms with Crippen LogP contribution in [0.15, 0.2) is 24.3 Å². The van der Waals surface area contributed by atoms with Crippen LogP contribution in [0, 0.1) is 0 Å². The van der Waals surface area contributed by atoms with Crippen molar-refractivity contribution < 1.29 is 4.74 Å². The Morgan fingerprint density at radius 3 is 2.57 bits per heavy atom. The molecule has 118 valence electrons. The number of hydrogen-bond donors (Lipinski definition) is 1. The average molecular weight is 290 g/mol. The van der Waals surface area contributed by atoms with E-state index >= 15 is 0 Å². The molecule has 1 fully saturated rings. The molecule has 0 aliphatic heterocycles. The number of nitrogens with one attached hydrogen (secondary N) is 1. The lowest BCUT2D eigenvalue weighted by atomic mass is 9.75. The van der Waals surface area contributed by atoms with Crippen molar-refractivity contribution in [3.8, 4) is 5.75 Å². The maximum atomic E-state index is 5.46. The van der Waals surface area contributed by atoms with E-state index in [0.29, 0.717) is 12.0 Å². The minimum absolute atomic E-state index is 0.668. The van der Waals surface area contributed by atoms with E-state index in [9.17, 15) is 0 Å². The van der Waals surface area contributed by atoms with Crippen molar-refractivity contribution in [3.05, 3.63) is 29.8 Å². The topological polar surface area (TPSA) is 24.5 Å². The van der Waals surface area contributed by atoms with Gasteiger partial charge >= 0.3 is 0 Å². The molecular weight excluding hydrogens is 260 g/mol. The smallest absolute Gasteiger partial charge is 0.122 e. The SMILES string of the molecule is CCN(CC)CCCNC1CC(c2ccccc2OC)C1. The molecule has 3 nitrogen and oxygen atoms in total. The van der Waals surface area contributed by atoms with E-state index in [2.05, 4.69) is 42.3 Å². The van der Waals surface area contributed by atoms with E-state index in [1.54, 1.807) is 7.11 Å². The monoisotopic (exact) mass is 290 g/mol. The third-order valence-electron chi connectivity index (χ3n) is 4.70. The van der Waals surface area contributed by atoms with Gasteiger partial charge in [0.25, 0.3) is 0 Å². The largest absolute Gasteiger partial charge is 0.496 e. The number of para-hydroxylation sites is 1. The first kappa shape index (κ1) is 16.3. The Hall–Kier alpha value is -1.06. The summed E-state index contributed by atoms with van der Waals surface area (Å²) in [5.41, 5.74) is 1.38. The van der Waals surface area contributed by atoms with Gasteiger partial charge in [-0.3, -0.25) is 0 Å². The van der Waals surface area contributed by atoms with Gasteiger partial charge in [-0.2, -0.15) is 0 Å². The van der Waals surface area contributed by atoms with Crippen molar-refractivity contribution >= 4 is 0 Å². The minimum Gasteiger partial charge on any atom is -0.496 e. The average Bonchev–Trinajstić information content (AvgIpc) is 2.49. The fourth-order valence-corrected chi connectivity index (χ4v) is 3.19. The zero-order valence-corrected chi connectivity index (χ0v) is 13.8. The molecule has 1 saturated carbocycles. The van der Waals surface area contributed by atoms with E-state index in [4.69, 9.17) is 4.74 Å². The van der Waals surface area contributed by atoms with Gasteiger partial charge in [-0.25, -0.2) is 0 Å². The highest BCUT2D eigenvalue weighted by Crippen LogP contribution is 2.40. The van der Waals surface area contributed by atoms with Gasteiger partial charge in [0.2, 0.25) is 0 Å². The molecular formula is C18H30N2O. The molecule has 21 heavy (non-hydrogen) atoms. The summed E-state index contributed by atoms with van der Waals surface area (Å²) in [5, 5.41) is 3.69. The number of hydrogen-bond acceptors (Lipinski definition) is 3. The Morgan fingerprint density at radius 1 is 1.19 bits per heavy atom. The van der Waals surface area contributed by atoms with Crippen LogP contribution in [0.25, 0.3) is 0 Å². The number of rotatable bonds is 9. The van der Waals surface area contributed by atoms with Crippen LogP contribution in [-0.4, -0.2) is 44.2 Å². The molecule has 0 atom stereocenters. The Morgan fingerprint density at radius 2 is 1.90 bits per heavy atom. The van der Waals surface area contributed by atoms with Gasteiger partial charge in [-0.15, -0.1) is 0 Å². The van der Waals surface area contributed by atoms with Gasteiger partial charge in [0, 0.05) is 6.04 Å². The number of nitrogens with zero attached hydrogens (tertiary/aromatic N) is 1. The lowest BCUT2D eigenvalue weighted by molar-refractivity contribution is 0.264. The van der Waals surface area contributed by atoms with E-state index in [0.717, 1.165) is 25.4 Å². The molecule has 1 aromatic rings. The third-order valence-corrected chi connectivity index (χ3v) is 4.70. The van der Waals surface area contributed by atoms with Crippen molar-refractivity contribution in [1.29, 1.82) is 0 Å². The molecule has 0 unspecified atom stereocenters. The molecule has 0 saturated heterocycles. The fraction of sp³-hybridized carbons (Fsp3) is 0.667. The fourth-order valence-electron chi connectivity index (χ4n) is 3.19. The van der Waals surface area contributed by atoms with E-state index in [1.807, 2.05) is 6.07 Å². The zero-order valence-electron chi connectivity index (χ0n) is 13.8. The van der Waals surface area contributed by atoms with E-state index in [1.165, 1.54) is 31.4 Å². The molecule has 3 heteroatoms. The molecule has 0 amide bonds. The maximum Gasteiger partial charge on any atom is 0.122 e. The first-order valence-corrected chi connectivity index (χ1v) is 8.37. The highest BCUT2D eigenvalue weighted by Gasteiger charge is 2.31. The van der Waals surface area contributed by atoms with Crippen LogP contribution in [0.3, 0.4) is 0 Å². The third kappa shape index (κ3) is 4.45. The Kier molecular flexibility index (Phi) is 6.52. The van der Waals surface area contributed by atoms with Crippen molar-refractivity contribution in [2.24, 2.45) is 0 Å². The summed E-state index contributed by atoms with van der Waals surface area (Å²) in [6.45, 7) is 9.15. The summed E-state index contributed by atoms with van der Waals surface area (Å²) >= 11 is 0. The summed E-state index contributed by atoms with van der Waals surface area (Å²) in [5.74, 6) is 1.71. The zero-order chi connectivity index (χ0) is 15.1. The molecule has 0 spiro atoms. The molecule has 1 aliphatic rings. The van der Waals surface area contributed by atoms with Crippen LogP contribution in [0.4, 0.5) is 0 Å². The minimum atomic E-state index is 0.668. The highest BCUT2D eigenvalue weighted by molar-refractivity contribution is 5.37. The van der Waals surface area contributed by atoms with E-state index < -0.39 is 0 Å². The van der Waals surface area contributed by atoms with Gasteiger partial charge in [0.1, 0.15) is 5.75 Å². The molecule has 1 N–H and O–H groups in total. The summed E-state index contributed by atoms with van der Waals surface area (Å²) in [6.07, 6.45) is 3.73. The van der Waals surface area contributed by atoms with Crippen molar-refractivity contribution in [3.63, 3.8) is 0 Å². The summed E-state index contributed by atoms with van der Waals surface area (Å²) < 4.78 is 5.46. The predicted octanol–water partition coefficient (Wildman–Crippen LogP) is 3.26. The highest BCUT2D eigenvalue weighted by atomic mass is 16.5. The molecule has 0 heterocycles. The number of methoxy groups -OCH3 is 1. The predicted molar refractivity (Wildman–Crippen MR) is 89.2 cm³/mol. The van der Waals surface area contributed by atoms with Crippen LogP contribution in [0.2, 0.25) is 0 Å². The number of benzene rings is 1. The standard InChI is InChI=1S/C18H30N2O/c1-4-20(5-2)12-8-11-19-16-13-15(14-16)17-9-6-7-10-18(17)21-3/h6-7,9-10,15-16,19H,4-5,8,11-14H2,1-3H3. The maximum absolute atomic E-state index is 5.46. The van der Waals surface area contributed by atoms with Gasteiger partial charge in [-0.05, 0) is 63.0 Å².